The summed E-state index contributed by atoms with van der Waals surface area (Å²) in [5.74, 6) is 0. The molecule has 0 heterocycles. The predicted molar refractivity (Wildman–Crippen MR) is 130 cm³/mol. The smallest absolute Gasteiger partial charge is 0.0189 e. The van der Waals surface area contributed by atoms with E-state index in [9.17, 15) is 0 Å². The van der Waals surface area contributed by atoms with Crippen molar-refractivity contribution >= 4 is 0 Å². The van der Waals surface area contributed by atoms with Gasteiger partial charge in [0.2, 0.25) is 0 Å². The monoisotopic (exact) mass is 403 g/mol. The van der Waals surface area contributed by atoms with Crippen molar-refractivity contribution in [2.75, 3.05) is 0 Å². The van der Waals surface area contributed by atoms with Gasteiger partial charge in [0.15, 0.2) is 0 Å². The Kier molecular flexibility index (Phi) is 6.90. The third kappa shape index (κ3) is 6.80. The maximum absolute atomic E-state index is 6.63. The highest BCUT2D eigenvalue weighted by molar-refractivity contribution is 5.42. The highest BCUT2D eigenvalue weighted by Crippen LogP contribution is 2.41. The second kappa shape index (κ2) is 7.66. The summed E-state index contributed by atoms with van der Waals surface area (Å²) < 4.78 is 0. The van der Waals surface area contributed by atoms with Crippen molar-refractivity contribution < 1.29 is 0 Å². The predicted octanol–water partition coefficient (Wildman–Crippen LogP) is 5.51. The molecule has 0 saturated heterocycles. The fourth-order valence-electron chi connectivity index (χ4n) is 4.62. The average molecular weight is 404 g/mol. The van der Waals surface area contributed by atoms with Gasteiger partial charge >= 0.3 is 0 Å². The van der Waals surface area contributed by atoms with E-state index < -0.39 is 0 Å². The van der Waals surface area contributed by atoms with E-state index >= 15 is 0 Å². The fraction of sp³-hybridized carbons (Fsp3) is 0.769. The zero-order valence-electron chi connectivity index (χ0n) is 21.4. The first-order valence-electron chi connectivity index (χ1n) is 11.0. The molecule has 1 aromatic rings. The second-order valence-electron chi connectivity index (χ2n) is 13.2. The van der Waals surface area contributed by atoms with Crippen molar-refractivity contribution in [1.82, 2.24) is 0 Å². The minimum atomic E-state index is -0.350. The van der Waals surface area contributed by atoms with Gasteiger partial charge in [-0.1, -0.05) is 59.7 Å². The molecule has 0 saturated carbocycles. The zero-order valence-corrected chi connectivity index (χ0v) is 21.4. The summed E-state index contributed by atoms with van der Waals surface area (Å²) in [4.78, 5) is 0. The van der Waals surface area contributed by atoms with E-state index in [1.165, 1.54) is 16.7 Å². The average Bonchev–Trinajstić information content (AvgIpc) is 2.40. The molecule has 0 aromatic heterocycles. The Labute approximate surface area is 181 Å². The van der Waals surface area contributed by atoms with Crippen LogP contribution in [0.1, 0.15) is 113 Å². The Bertz CT molecular complexity index is 659. The van der Waals surface area contributed by atoms with Crippen LogP contribution in [0.15, 0.2) is 18.2 Å². The molecule has 0 aliphatic rings. The summed E-state index contributed by atoms with van der Waals surface area (Å²) >= 11 is 0. The van der Waals surface area contributed by atoms with Crippen molar-refractivity contribution in [3.63, 3.8) is 0 Å². The Morgan fingerprint density at radius 3 is 1.03 bits per heavy atom. The van der Waals surface area contributed by atoms with Crippen LogP contribution in [0, 0.1) is 0 Å². The lowest BCUT2D eigenvalue weighted by Crippen LogP contribution is -2.50. The lowest BCUT2D eigenvalue weighted by Gasteiger charge is -2.42. The van der Waals surface area contributed by atoms with Gasteiger partial charge in [0.25, 0.3) is 0 Å². The van der Waals surface area contributed by atoms with Crippen LogP contribution in [0.4, 0.5) is 0 Å². The van der Waals surface area contributed by atoms with Crippen LogP contribution >= 0.6 is 0 Å². The summed E-state index contributed by atoms with van der Waals surface area (Å²) in [6.45, 7) is 26.3. The normalized spacial score (nSPS) is 15.0. The quantitative estimate of drug-likeness (QED) is 0.535. The molecule has 1 aromatic carbocycles. The molecule has 1 rings (SSSR count). The van der Waals surface area contributed by atoms with Crippen LogP contribution in [0.5, 0.6) is 0 Å². The minimum absolute atomic E-state index is 0.0495. The van der Waals surface area contributed by atoms with Gasteiger partial charge in [-0.25, -0.2) is 0 Å². The van der Waals surface area contributed by atoms with E-state index in [1.807, 2.05) is 0 Å². The third-order valence-electron chi connectivity index (χ3n) is 6.62. The van der Waals surface area contributed by atoms with Crippen LogP contribution in [0.2, 0.25) is 0 Å². The van der Waals surface area contributed by atoms with Gasteiger partial charge < -0.3 is 17.2 Å². The van der Waals surface area contributed by atoms with E-state index in [1.54, 1.807) is 0 Å². The zero-order chi connectivity index (χ0) is 23.3. The Balaban J connectivity index is 3.73. The lowest BCUT2D eigenvalue weighted by molar-refractivity contribution is 0.302. The number of rotatable bonds is 8. The molecular weight excluding hydrogens is 354 g/mol. The Morgan fingerprint density at radius 1 is 0.517 bits per heavy atom. The van der Waals surface area contributed by atoms with Gasteiger partial charge in [0, 0.05) is 22.0 Å². The van der Waals surface area contributed by atoms with Crippen LogP contribution in [-0.4, -0.2) is 16.6 Å². The second-order valence-corrected chi connectivity index (χ2v) is 13.2. The molecule has 168 valence electrons. The molecule has 0 unspecified atom stereocenters. The molecule has 0 radical (unpaired) electrons. The van der Waals surface area contributed by atoms with Crippen molar-refractivity contribution in [2.45, 2.75) is 129 Å². The lowest BCUT2D eigenvalue weighted by atomic mass is 9.65. The molecule has 0 amide bonds. The summed E-state index contributed by atoms with van der Waals surface area (Å²) in [5.41, 5.74) is 22.3. The van der Waals surface area contributed by atoms with Gasteiger partial charge in [0.05, 0.1) is 0 Å². The maximum atomic E-state index is 6.63. The molecule has 0 aliphatic carbocycles. The van der Waals surface area contributed by atoms with E-state index in [2.05, 4.69) is 101 Å². The Morgan fingerprint density at radius 2 is 0.793 bits per heavy atom. The molecule has 0 aliphatic heterocycles. The number of nitrogens with two attached hydrogens (primary N) is 3. The molecule has 0 bridgehead atoms. The molecule has 3 heteroatoms. The number of hydrogen-bond donors (Lipinski definition) is 3. The first kappa shape index (κ1) is 26.1. The van der Waals surface area contributed by atoms with E-state index in [0.29, 0.717) is 0 Å². The van der Waals surface area contributed by atoms with Crippen molar-refractivity contribution in [3.8, 4) is 0 Å². The highest BCUT2D eigenvalue weighted by Gasteiger charge is 2.38. The first-order chi connectivity index (χ1) is 12.5. The number of hydrogen-bond acceptors (Lipinski definition) is 3. The summed E-state index contributed by atoms with van der Waals surface area (Å²) in [6, 6.07) is 7.08. The van der Waals surface area contributed by atoms with Gasteiger partial charge in [0.1, 0.15) is 0 Å². The molecule has 29 heavy (non-hydrogen) atoms. The van der Waals surface area contributed by atoms with Crippen molar-refractivity contribution in [1.29, 1.82) is 0 Å². The van der Waals surface area contributed by atoms with Crippen molar-refractivity contribution in [3.05, 3.63) is 34.9 Å². The van der Waals surface area contributed by atoms with Crippen molar-refractivity contribution in [2.24, 2.45) is 17.2 Å². The molecular formula is C26H49N3. The standard InChI is InChI=1S/C26H49N3/c1-21(2,16-23(5,6)27)18-13-19(22(3,4)17-24(7,8)28)15-20(14-18)25(9,10)26(11,12)29/h13-15H,16-17,27-29H2,1-12H3. The molecule has 0 spiro atoms. The molecule has 6 N–H and O–H groups in total. The Hall–Kier alpha value is -0.900. The highest BCUT2D eigenvalue weighted by atomic mass is 14.8. The largest absolute Gasteiger partial charge is 0.326 e. The molecule has 0 atom stereocenters. The molecule has 3 nitrogen and oxygen atoms in total. The summed E-state index contributed by atoms with van der Waals surface area (Å²) in [5, 5.41) is 0. The molecule has 0 fully saturated rings. The van der Waals surface area contributed by atoms with Gasteiger partial charge in [-0.05, 0) is 81.9 Å². The van der Waals surface area contributed by atoms with Crippen LogP contribution in [-0.2, 0) is 16.2 Å². The van der Waals surface area contributed by atoms with E-state index in [4.69, 9.17) is 17.2 Å². The van der Waals surface area contributed by atoms with Crippen LogP contribution in [0.3, 0.4) is 0 Å². The third-order valence-corrected chi connectivity index (χ3v) is 6.62. The van der Waals surface area contributed by atoms with Gasteiger partial charge in [-0.3, -0.25) is 0 Å². The summed E-state index contributed by atoms with van der Waals surface area (Å²) in [7, 11) is 0. The number of benzene rings is 1. The van der Waals surface area contributed by atoms with Crippen LogP contribution < -0.4 is 17.2 Å². The van der Waals surface area contributed by atoms with Gasteiger partial charge in [-0.15, -0.1) is 0 Å². The summed E-state index contributed by atoms with van der Waals surface area (Å²) in [6.07, 6.45) is 1.80. The van der Waals surface area contributed by atoms with Gasteiger partial charge in [-0.2, -0.15) is 0 Å². The minimum Gasteiger partial charge on any atom is -0.326 e. The van der Waals surface area contributed by atoms with E-state index in [-0.39, 0.29) is 32.9 Å². The maximum Gasteiger partial charge on any atom is 0.0189 e. The SMILES string of the molecule is CC(C)(N)CC(C)(C)c1cc(C(C)(C)CC(C)(C)N)cc(C(C)(C)C(C)(C)N)c1. The fourth-order valence-corrected chi connectivity index (χ4v) is 4.62. The first-order valence-corrected chi connectivity index (χ1v) is 11.0. The topological polar surface area (TPSA) is 78.1 Å². The van der Waals surface area contributed by atoms with Crippen LogP contribution in [0.25, 0.3) is 0 Å². The van der Waals surface area contributed by atoms with E-state index in [0.717, 1.165) is 12.8 Å².